The van der Waals surface area contributed by atoms with Gasteiger partial charge in [0.25, 0.3) is 0 Å². The maximum atomic E-state index is 13.2. The molecule has 0 spiro atoms. The lowest BCUT2D eigenvalue weighted by Crippen LogP contribution is -2.06. The summed E-state index contributed by atoms with van der Waals surface area (Å²) in [5, 5.41) is 11.7. The third-order valence-corrected chi connectivity index (χ3v) is 2.37. The third kappa shape index (κ3) is 3.25. The summed E-state index contributed by atoms with van der Waals surface area (Å²) in [7, 11) is 0. The van der Waals surface area contributed by atoms with Crippen molar-refractivity contribution in [1.82, 2.24) is 9.97 Å². The number of halogens is 1. The average Bonchev–Trinajstić information content (AvgIpc) is 2.26. The zero-order valence-electron chi connectivity index (χ0n) is 10.4. The topological polar surface area (TPSA) is 75.1 Å². The molecule has 2 N–H and O–H groups in total. The van der Waals surface area contributed by atoms with Crippen molar-refractivity contribution in [3.8, 4) is 0 Å². The Morgan fingerprint density at radius 3 is 2.58 bits per heavy atom. The van der Waals surface area contributed by atoms with Gasteiger partial charge in [0.15, 0.2) is 5.69 Å². The molecule has 1 heterocycles. The van der Waals surface area contributed by atoms with Gasteiger partial charge in [-0.3, -0.25) is 0 Å². The van der Waals surface area contributed by atoms with Crippen molar-refractivity contribution >= 4 is 17.6 Å². The van der Waals surface area contributed by atoms with Crippen molar-refractivity contribution in [2.24, 2.45) is 0 Å². The number of carboxylic acids is 1. The number of benzene rings is 1. The second-order valence-corrected chi connectivity index (χ2v) is 4.17. The van der Waals surface area contributed by atoms with E-state index >= 15 is 0 Å². The van der Waals surface area contributed by atoms with Crippen molar-refractivity contribution in [3.63, 3.8) is 0 Å². The number of anilines is 2. The fourth-order valence-electron chi connectivity index (χ4n) is 1.67. The van der Waals surface area contributed by atoms with Crippen LogP contribution in [0.2, 0.25) is 0 Å². The highest BCUT2D eigenvalue weighted by Crippen LogP contribution is 2.17. The van der Waals surface area contributed by atoms with Crippen molar-refractivity contribution in [1.29, 1.82) is 0 Å². The van der Waals surface area contributed by atoms with Crippen LogP contribution < -0.4 is 5.32 Å². The van der Waals surface area contributed by atoms with Gasteiger partial charge in [-0.05, 0) is 43.7 Å². The zero-order chi connectivity index (χ0) is 14.0. The molecule has 5 nitrogen and oxygen atoms in total. The predicted molar refractivity (Wildman–Crippen MR) is 68.1 cm³/mol. The molecule has 19 heavy (non-hydrogen) atoms. The molecule has 0 radical (unpaired) electrons. The highest BCUT2D eigenvalue weighted by Gasteiger charge is 2.09. The van der Waals surface area contributed by atoms with Gasteiger partial charge in [-0.15, -0.1) is 0 Å². The molecule has 0 atom stereocenters. The van der Waals surface area contributed by atoms with Crippen LogP contribution in [0, 0.1) is 19.7 Å². The van der Waals surface area contributed by atoms with Gasteiger partial charge in [-0.2, -0.15) is 0 Å². The lowest BCUT2D eigenvalue weighted by Gasteiger charge is -2.07. The number of nitrogens with zero attached hydrogens (tertiary/aromatic N) is 2. The summed E-state index contributed by atoms with van der Waals surface area (Å²) in [5.41, 5.74) is 1.62. The lowest BCUT2D eigenvalue weighted by atomic mass is 10.2. The quantitative estimate of drug-likeness (QED) is 0.888. The van der Waals surface area contributed by atoms with E-state index in [1.807, 2.05) is 0 Å². The van der Waals surface area contributed by atoms with E-state index in [1.54, 1.807) is 19.9 Å². The summed E-state index contributed by atoms with van der Waals surface area (Å²) in [6.07, 6.45) is 0. The van der Waals surface area contributed by atoms with Crippen molar-refractivity contribution in [2.45, 2.75) is 13.8 Å². The molecule has 0 aliphatic heterocycles. The van der Waals surface area contributed by atoms with Gasteiger partial charge in [0.05, 0.1) is 0 Å². The van der Waals surface area contributed by atoms with Gasteiger partial charge < -0.3 is 10.4 Å². The summed E-state index contributed by atoms with van der Waals surface area (Å²) in [5.74, 6) is -1.39. The first kappa shape index (κ1) is 12.9. The molecule has 6 heteroatoms. The Bertz CT molecular complexity index is 624. The number of aromatic carboxylic acids is 1. The Morgan fingerprint density at radius 2 is 1.95 bits per heavy atom. The number of aromatic nitrogens is 2. The number of hydrogen-bond donors (Lipinski definition) is 2. The SMILES string of the molecule is Cc1cc(F)cc(Nc2nc(C)cc(C(=O)O)n2)c1. The molecule has 98 valence electrons. The number of carbonyl (C=O) groups is 1. The van der Waals surface area contributed by atoms with Gasteiger partial charge in [-0.25, -0.2) is 19.2 Å². The highest BCUT2D eigenvalue weighted by molar-refractivity contribution is 5.85. The van der Waals surface area contributed by atoms with E-state index in [9.17, 15) is 9.18 Å². The molecular weight excluding hydrogens is 249 g/mol. The zero-order valence-corrected chi connectivity index (χ0v) is 10.4. The van der Waals surface area contributed by atoms with Crippen molar-refractivity contribution < 1.29 is 14.3 Å². The van der Waals surface area contributed by atoms with Crippen LogP contribution in [0.3, 0.4) is 0 Å². The monoisotopic (exact) mass is 261 g/mol. The Labute approximate surface area is 109 Å². The highest BCUT2D eigenvalue weighted by atomic mass is 19.1. The molecule has 0 amide bonds. The lowest BCUT2D eigenvalue weighted by molar-refractivity contribution is 0.0690. The van der Waals surface area contributed by atoms with E-state index in [0.29, 0.717) is 11.4 Å². The van der Waals surface area contributed by atoms with E-state index in [2.05, 4.69) is 15.3 Å². The predicted octanol–water partition coefficient (Wildman–Crippen LogP) is 2.67. The maximum Gasteiger partial charge on any atom is 0.354 e. The molecule has 2 rings (SSSR count). The number of nitrogens with one attached hydrogen (secondary N) is 1. The molecule has 0 saturated carbocycles. The van der Waals surface area contributed by atoms with Gasteiger partial charge in [0.2, 0.25) is 5.95 Å². The van der Waals surface area contributed by atoms with Crippen molar-refractivity contribution in [2.75, 3.05) is 5.32 Å². The largest absolute Gasteiger partial charge is 0.477 e. The Morgan fingerprint density at radius 1 is 1.21 bits per heavy atom. The van der Waals surface area contributed by atoms with Crippen LogP contribution >= 0.6 is 0 Å². The molecule has 0 aliphatic carbocycles. The minimum atomic E-state index is -1.14. The molecule has 0 saturated heterocycles. The van der Waals surface area contributed by atoms with Crippen LogP contribution in [-0.2, 0) is 0 Å². The summed E-state index contributed by atoms with van der Waals surface area (Å²) in [4.78, 5) is 18.8. The minimum absolute atomic E-state index is 0.108. The summed E-state index contributed by atoms with van der Waals surface area (Å²) >= 11 is 0. The van der Waals surface area contributed by atoms with Crippen LogP contribution in [0.15, 0.2) is 24.3 Å². The Hall–Kier alpha value is -2.50. The van der Waals surface area contributed by atoms with Crippen molar-refractivity contribution in [3.05, 3.63) is 47.0 Å². The van der Waals surface area contributed by atoms with E-state index in [1.165, 1.54) is 18.2 Å². The fourth-order valence-corrected chi connectivity index (χ4v) is 1.67. The first-order valence-corrected chi connectivity index (χ1v) is 5.57. The third-order valence-electron chi connectivity index (χ3n) is 2.37. The molecule has 1 aromatic heterocycles. The van der Waals surface area contributed by atoms with Gasteiger partial charge in [0, 0.05) is 11.4 Å². The second kappa shape index (κ2) is 5.01. The van der Waals surface area contributed by atoms with Crippen LogP contribution in [0.4, 0.5) is 16.0 Å². The van der Waals surface area contributed by atoms with Crippen LogP contribution in [0.5, 0.6) is 0 Å². The Kier molecular flexibility index (Phi) is 3.41. The van der Waals surface area contributed by atoms with E-state index in [4.69, 9.17) is 5.11 Å². The molecule has 0 unspecified atom stereocenters. The van der Waals surface area contributed by atoms with E-state index < -0.39 is 5.97 Å². The second-order valence-electron chi connectivity index (χ2n) is 4.17. The molecular formula is C13H12FN3O2. The van der Waals surface area contributed by atoms with Gasteiger partial charge in [0.1, 0.15) is 5.82 Å². The standard InChI is InChI=1S/C13H12FN3O2/c1-7-3-9(14)6-10(4-7)16-13-15-8(2)5-11(17-13)12(18)19/h3-6H,1-2H3,(H,18,19)(H,15,16,17). The minimum Gasteiger partial charge on any atom is -0.477 e. The number of aryl methyl sites for hydroxylation is 2. The molecule has 0 aliphatic rings. The normalized spacial score (nSPS) is 10.3. The van der Waals surface area contributed by atoms with E-state index in [0.717, 1.165) is 5.56 Å². The number of hydrogen-bond acceptors (Lipinski definition) is 4. The molecule has 2 aromatic rings. The fraction of sp³-hybridized carbons (Fsp3) is 0.154. The summed E-state index contributed by atoms with van der Waals surface area (Å²) < 4.78 is 13.2. The first-order valence-electron chi connectivity index (χ1n) is 5.57. The number of rotatable bonds is 3. The van der Waals surface area contributed by atoms with Crippen LogP contribution in [0.1, 0.15) is 21.7 Å². The van der Waals surface area contributed by atoms with Gasteiger partial charge >= 0.3 is 5.97 Å². The molecule has 1 aromatic carbocycles. The smallest absolute Gasteiger partial charge is 0.354 e. The Balaban J connectivity index is 2.35. The summed E-state index contributed by atoms with van der Waals surface area (Å²) in [6.45, 7) is 3.42. The number of carboxylic acid groups (broad SMARTS) is 1. The first-order chi connectivity index (χ1) is 8.94. The van der Waals surface area contributed by atoms with Crippen LogP contribution in [0.25, 0.3) is 0 Å². The maximum absolute atomic E-state index is 13.2. The average molecular weight is 261 g/mol. The van der Waals surface area contributed by atoms with Crippen LogP contribution in [-0.4, -0.2) is 21.0 Å². The van der Waals surface area contributed by atoms with E-state index in [-0.39, 0.29) is 17.5 Å². The summed E-state index contributed by atoms with van der Waals surface area (Å²) in [6, 6.07) is 5.77. The van der Waals surface area contributed by atoms with Gasteiger partial charge in [-0.1, -0.05) is 0 Å². The molecule has 0 bridgehead atoms. The molecule has 0 fully saturated rings.